The maximum atomic E-state index is 12.3. The molecule has 6 heteroatoms. The number of ether oxygens (including phenoxy) is 1. The second kappa shape index (κ2) is 6.62. The second-order valence-corrected chi connectivity index (χ2v) is 6.02. The van der Waals surface area contributed by atoms with Gasteiger partial charge in [-0.1, -0.05) is 18.5 Å². The Labute approximate surface area is 130 Å². The van der Waals surface area contributed by atoms with Gasteiger partial charge < -0.3 is 15.4 Å². The van der Waals surface area contributed by atoms with Crippen LogP contribution in [0.1, 0.15) is 44.0 Å². The fraction of sp³-hybridized carbons (Fsp3) is 0.600. The third kappa shape index (κ3) is 3.66. The topological polar surface area (TPSA) is 63.2 Å². The van der Waals surface area contributed by atoms with Gasteiger partial charge in [0.1, 0.15) is 5.82 Å². The van der Waals surface area contributed by atoms with Crippen LogP contribution in [0.3, 0.4) is 0 Å². The SMILES string of the molecule is CCCNc1ncc(C(=O)NC2(C)CCOC2C)cc1Cl. The van der Waals surface area contributed by atoms with Crippen LogP contribution < -0.4 is 10.6 Å². The van der Waals surface area contributed by atoms with Gasteiger partial charge in [0.25, 0.3) is 5.91 Å². The van der Waals surface area contributed by atoms with Crippen molar-refractivity contribution in [3.63, 3.8) is 0 Å². The average molecular weight is 312 g/mol. The van der Waals surface area contributed by atoms with Gasteiger partial charge in [0, 0.05) is 19.3 Å². The first kappa shape index (κ1) is 16.0. The smallest absolute Gasteiger partial charge is 0.253 e. The van der Waals surface area contributed by atoms with Crippen LogP contribution in [0, 0.1) is 0 Å². The van der Waals surface area contributed by atoms with Crippen molar-refractivity contribution >= 4 is 23.3 Å². The lowest BCUT2D eigenvalue weighted by atomic mass is 9.94. The molecule has 21 heavy (non-hydrogen) atoms. The Morgan fingerprint density at radius 1 is 1.62 bits per heavy atom. The van der Waals surface area contributed by atoms with E-state index >= 15 is 0 Å². The number of carbonyl (C=O) groups is 1. The van der Waals surface area contributed by atoms with Gasteiger partial charge in [0.15, 0.2) is 0 Å². The number of amides is 1. The van der Waals surface area contributed by atoms with E-state index in [1.54, 1.807) is 12.3 Å². The molecule has 1 aliphatic heterocycles. The van der Waals surface area contributed by atoms with Crippen LogP contribution in [0.2, 0.25) is 5.02 Å². The van der Waals surface area contributed by atoms with E-state index < -0.39 is 0 Å². The number of carbonyl (C=O) groups excluding carboxylic acids is 1. The van der Waals surface area contributed by atoms with E-state index in [1.807, 2.05) is 13.8 Å². The standard InChI is InChI=1S/C15H22ClN3O2/c1-4-6-17-13-12(16)8-11(9-18-13)14(20)19-15(3)5-7-21-10(15)2/h8-10H,4-7H2,1-3H3,(H,17,18)(H,19,20). The Hall–Kier alpha value is -1.33. The molecule has 1 fully saturated rings. The second-order valence-electron chi connectivity index (χ2n) is 5.62. The van der Waals surface area contributed by atoms with Crippen molar-refractivity contribution in [3.05, 3.63) is 22.8 Å². The van der Waals surface area contributed by atoms with Crippen LogP contribution in [-0.2, 0) is 4.74 Å². The molecular formula is C15H22ClN3O2. The van der Waals surface area contributed by atoms with Crippen LogP contribution in [0.25, 0.3) is 0 Å². The minimum absolute atomic E-state index is 0.00428. The summed E-state index contributed by atoms with van der Waals surface area (Å²) < 4.78 is 5.53. The largest absolute Gasteiger partial charge is 0.376 e. The molecule has 2 unspecified atom stereocenters. The van der Waals surface area contributed by atoms with Crippen LogP contribution in [0.5, 0.6) is 0 Å². The molecule has 0 spiro atoms. The molecule has 2 N–H and O–H groups in total. The molecule has 1 aromatic heterocycles. The number of nitrogens with one attached hydrogen (secondary N) is 2. The maximum absolute atomic E-state index is 12.3. The van der Waals surface area contributed by atoms with Crippen LogP contribution in [-0.4, -0.2) is 35.7 Å². The Morgan fingerprint density at radius 2 is 2.38 bits per heavy atom. The fourth-order valence-electron chi connectivity index (χ4n) is 2.27. The summed E-state index contributed by atoms with van der Waals surface area (Å²) in [5.41, 5.74) is 0.116. The lowest BCUT2D eigenvalue weighted by Crippen LogP contribution is -2.50. The van der Waals surface area contributed by atoms with Crippen molar-refractivity contribution in [1.82, 2.24) is 10.3 Å². The third-order valence-corrected chi connectivity index (χ3v) is 4.22. The Kier molecular flexibility index (Phi) is 5.06. The summed E-state index contributed by atoms with van der Waals surface area (Å²) in [6.45, 7) is 7.49. The number of halogens is 1. The number of hydrogen-bond donors (Lipinski definition) is 2. The molecule has 0 aromatic carbocycles. The zero-order valence-electron chi connectivity index (χ0n) is 12.7. The first-order valence-electron chi connectivity index (χ1n) is 7.30. The first-order valence-corrected chi connectivity index (χ1v) is 7.67. The van der Waals surface area contributed by atoms with Crippen LogP contribution >= 0.6 is 11.6 Å². The number of anilines is 1. The predicted molar refractivity (Wildman–Crippen MR) is 83.9 cm³/mol. The summed E-state index contributed by atoms with van der Waals surface area (Å²) in [6, 6.07) is 1.64. The highest BCUT2D eigenvalue weighted by molar-refractivity contribution is 6.33. The monoisotopic (exact) mass is 311 g/mol. The van der Waals surface area contributed by atoms with Gasteiger partial charge in [-0.3, -0.25) is 4.79 Å². The summed E-state index contributed by atoms with van der Waals surface area (Å²) in [7, 11) is 0. The van der Waals surface area contributed by atoms with E-state index in [2.05, 4.69) is 22.5 Å². The number of hydrogen-bond acceptors (Lipinski definition) is 4. The molecule has 2 heterocycles. The Morgan fingerprint density at radius 3 is 2.95 bits per heavy atom. The normalized spacial score (nSPS) is 24.9. The lowest BCUT2D eigenvalue weighted by Gasteiger charge is -2.28. The van der Waals surface area contributed by atoms with Crippen molar-refractivity contribution in [1.29, 1.82) is 0 Å². The molecule has 0 bridgehead atoms. The van der Waals surface area contributed by atoms with Gasteiger partial charge in [-0.05, 0) is 32.8 Å². The van der Waals surface area contributed by atoms with E-state index in [1.165, 1.54) is 0 Å². The summed E-state index contributed by atoms with van der Waals surface area (Å²) in [6.07, 6.45) is 3.33. The van der Waals surface area contributed by atoms with Crippen LogP contribution in [0.4, 0.5) is 5.82 Å². The molecule has 116 valence electrons. The van der Waals surface area contributed by atoms with Crippen LogP contribution in [0.15, 0.2) is 12.3 Å². The highest BCUT2D eigenvalue weighted by Crippen LogP contribution is 2.26. The molecule has 2 rings (SSSR count). The van der Waals surface area contributed by atoms with Crippen molar-refractivity contribution in [2.24, 2.45) is 0 Å². The minimum Gasteiger partial charge on any atom is -0.376 e. The van der Waals surface area contributed by atoms with E-state index in [4.69, 9.17) is 16.3 Å². The number of pyridine rings is 1. The van der Waals surface area contributed by atoms with Crippen molar-refractivity contribution in [2.45, 2.75) is 45.3 Å². The highest BCUT2D eigenvalue weighted by Gasteiger charge is 2.38. The molecule has 1 amide bonds. The molecule has 0 saturated carbocycles. The quantitative estimate of drug-likeness (QED) is 0.877. The maximum Gasteiger partial charge on any atom is 0.253 e. The minimum atomic E-state index is -0.345. The van der Waals surface area contributed by atoms with Gasteiger partial charge in [0.05, 0.1) is 22.2 Å². The number of aromatic nitrogens is 1. The first-order chi connectivity index (χ1) is 9.96. The Balaban J connectivity index is 2.07. The number of rotatable bonds is 5. The summed E-state index contributed by atoms with van der Waals surface area (Å²) in [4.78, 5) is 16.6. The lowest BCUT2D eigenvalue weighted by molar-refractivity contribution is 0.0727. The van der Waals surface area contributed by atoms with Gasteiger partial charge in [0.2, 0.25) is 0 Å². The van der Waals surface area contributed by atoms with Gasteiger partial charge in [-0.25, -0.2) is 4.98 Å². The van der Waals surface area contributed by atoms with E-state index in [9.17, 15) is 4.79 Å². The predicted octanol–water partition coefficient (Wildman–Crippen LogP) is 2.85. The summed E-state index contributed by atoms with van der Waals surface area (Å²) >= 11 is 6.16. The van der Waals surface area contributed by atoms with Crippen molar-refractivity contribution in [2.75, 3.05) is 18.5 Å². The molecule has 2 atom stereocenters. The third-order valence-electron chi connectivity index (χ3n) is 3.93. The highest BCUT2D eigenvalue weighted by atomic mass is 35.5. The van der Waals surface area contributed by atoms with Crippen molar-refractivity contribution < 1.29 is 9.53 Å². The molecule has 1 saturated heterocycles. The fourth-order valence-corrected chi connectivity index (χ4v) is 2.50. The number of nitrogens with zero attached hydrogens (tertiary/aromatic N) is 1. The van der Waals surface area contributed by atoms with Gasteiger partial charge >= 0.3 is 0 Å². The molecule has 1 aliphatic rings. The molecule has 1 aromatic rings. The summed E-state index contributed by atoms with van der Waals surface area (Å²) in [5.74, 6) is 0.435. The molecule has 0 aliphatic carbocycles. The van der Waals surface area contributed by atoms with Gasteiger partial charge in [-0.15, -0.1) is 0 Å². The average Bonchev–Trinajstić information content (AvgIpc) is 2.77. The zero-order valence-corrected chi connectivity index (χ0v) is 13.5. The molecule has 0 radical (unpaired) electrons. The summed E-state index contributed by atoms with van der Waals surface area (Å²) in [5, 5.41) is 6.61. The van der Waals surface area contributed by atoms with E-state index in [-0.39, 0.29) is 17.6 Å². The molecule has 5 nitrogen and oxygen atoms in total. The van der Waals surface area contributed by atoms with Gasteiger partial charge in [-0.2, -0.15) is 0 Å². The van der Waals surface area contributed by atoms with E-state index in [0.29, 0.717) is 23.0 Å². The zero-order chi connectivity index (χ0) is 15.5. The van der Waals surface area contributed by atoms with Crippen molar-refractivity contribution in [3.8, 4) is 0 Å². The Bertz CT molecular complexity index is 524. The molecular weight excluding hydrogens is 290 g/mol. The van der Waals surface area contributed by atoms with E-state index in [0.717, 1.165) is 19.4 Å².